The van der Waals surface area contributed by atoms with Crippen LogP contribution in [0.15, 0.2) is 5.16 Å². The van der Waals surface area contributed by atoms with E-state index < -0.39 is 5.97 Å². The number of hydrogen-bond acceptors (Lipinski definition) is 4. The first-order valence-corrected chi connectivity index (χ1v) is 8.75. The molecule has 0 aromatic carbocycles. The zero-order valence-corrected chi connectivity index (χ0v) is 14.3. The summed E-state index contributed by atoms with van der Waals surface area (Å²) in [6.45, 7) is 8.57. The van der Waals surface area contributed by atoms with Gasteiger partial charge in [0.1, 0.15) is 5.82 Å². The molecule has 1 rings (SSSR count). The van der Waals surface area contributed by atoms with Gasteiger partial charge in [-0.1, -0.05) is 58.2 Å². The number of rotatable bonds is 10. The molecule has 0 aliphatic heterocycles. The molecule has 0 amide bonds. The lowest BCUT2D eigenvalue weighted by Crippen LogP contribution is -2.12. The lowest BCUT2D eigenvalue weighted by Gasteiger charge is -2.19. The summed E-state index contributed by atoms with van der Waals surface area (Å²) in [7, 11) is 0. The van der Waals surface area contributed by atoms with Crippen LogP contribution in [0.2, 0.25) is 0 Å². The van der Waals surface area contributed by atoms with Crippen LogP contribution in [0, 0.1) is 0 Å². The molecule has 6 heteroatoms. The highest BCUT2D eigenvalue weighted by Crippen LogP contribution is 2.28. The number of aliphatic carboxylic acids is 1. The van der Waals surface area contributed by atoms with Crippen molar-refractivity contribution in [2.24, 2.45) is 0 Å². The van der Waals surface area contributed by atoms with Gasteiger partial charge in [-0.3, -0.25) is 4.79 Å². The molecule has 0 radical (unpaired) electrons. The third-order valence-electron chi connectivity index (χ3n) is 3.45. The average molecular weight is 313 g/mol. The van der Waals surface area contributed by atoms with Crippen LogP contribution in [0.3, 0.4) is 0 Å². The second kappa shape index (κ2) is 9.07. The third kappa shape index (κ3) is 5.69. The van der Waals surface area contributed by atoms with E-state index in [1.54, 1.807) is 0 Å². The van der Waals surface area contributed by atoms with Crippen LogP contribution < -0.4 is 0 Å². The molecule has 1 unspecified atom stereocenters. The molecule has 21 heavy (non-hydrogen) atoms. The van der Waals surface area contributed by atoms with Crippen molar-refractivity contribution >= 4 is 17.7 Å². The van der Waals surface area contributed by atoms with Gasteiger partial charge in [0.2, 0.25) is 0 Å². The van der Waals surface area contributed by atoms with Gasteiger partial charge >= 0.3 is 5.97 Å². The smallest absolute Gasteiger partial charge is 0.313 e. The summed E-state index contributed by atoms with van der Waals surface area (Å²) in [5, 5.41) is 18.0. The van der Waals surface area contributed by atoms with E-state index >= 15 is 0 Å². The number of nitrogens with zero attached hydrogens (tertiary/aromatic N) is 3. The van der Waals surface area contributed by atoms with Crippen LogP contribution in [0.5, 0.6) is 0 Å². The highest BCUT2D eigenvalue weighted by Gasteiger charge is 2.20. The Morgan fingerprint density at radius 1 is 1.24 bits per heavy atom. The molecule has 1 aromatic heterocycles. The van der Waals surface area contributed by atoms with Crippen molar-refractivity contribution in [1.29, 1.82) is 0 Å². The van der Waals surface area contributed by atoms with Crippen LogP contribution in [-0.2, 0) is 4.79 Å². The number of aromatic nitrogens is 3. The minimum Gasteiger partial charge on any atom is -0.481 e. The van der Waals surface area contributed by atoms with Gasteiger partial charge in [-0.15, -0.1) is 10.2 Å². The van der Waals surface area contributed by atoms with Gasteiger partial charge in [-0.25, -0.2) is 0 Å². The highest BCUT2D eigenvalue weighted by atomic mass is 32.2. The Bertz CT molecular complexity index is 446. The fraction of sp³-hybridized carbons (Fsp3) is 0.800. The lowest BCUT2D eigenvalue weighted by molar-refractivity contribution is -0.133. The SMILES string of the molecule is CCCCCCC(C)n1c(SCC(=O)O)nnc1C(C)C. The maximum absolute atomic E-state index is 10.8. The van der Waals surface area contributed by atoms with Gasteiger partial charge in [0, 0.05) is 12.0 Å². The summed E-state index contributed by atoms with van der Waals surface area (Å²) in [6, 6.07) is 0.311. The van der Waals surface area contributed by atoms with Crippen LogP contribution in [0.1, 0.15) is 77.6 Å². The van der Waals surface area contributed by atoms with Crippen molar-refractivity contribution in [1.82, 2.24) is 14.8 Å². The van der Waals surface area contributed by atoms with E-state index in [1.165, 1.54) is 37.4 Å². The van der Waals surface area contributed by atoms with Crippen LogP contribution >= 0.6 is 11.8 Å². The molecule has 0 aliphatic carbocycles. The van der Waals surface area contributed by atoms with E-state index in [-0.39, 0.29) is 11.7 Å². The molecule has 0 spiro atoms. The third-order valence-corrected chi connectivity index (χ3v) is 4.38. The fourth-order valence-corrected chi connectivity index (χ4v) is 3.08. The molecule has 1 aromatic rings. The summed E-state index contributed by atoms with van der Waals surface area (Å²) in [5.74, 6) is 0.440. The highest BCUT2D eigenvalue weighted by molar-refractivity contribution is 7.99. The van der Waals surface area contributed by atoms with Gasteiger partial charge in [0.25, 0.3) is 0 Å². The first-order chi connectivity index (χ1) is 9.97. The Morgan fingerprint density at radius 3 is 2.52 bits per heavy atom. The zero-order chi connectivity index (χ0) is 15.8. The molecule has 0 saturated heterocycles. The monoisotopic (exact) mass is 313 g/mol. The first-order valence-electron chi connectivity index (χ1n) is 7.76. The fourth-order valence-electron chi connectivity index (χ4n) is 2.32. The van der Waals surface area contributed by atoms with E-state index in [0.717, 1.165) is 17.4 Å². The number of hydrogen-bond donors (Lipinski definition) is 1. The van der Waals surface area contributed by atoms with Crippen molar-refractivity contribution in [3.05, 3.63) is 5.82 Å². The molecule has 1 heterocycles. The normalized spacial score (nSPS) is 12.8. The van der Waals surface area contributed by atoms with Gasteiger partial charge in [0.05, 0.1) is 5.75 Å². The molecule has 1 atom stereocenters. The standard InChI is InChI=1S/C15H27N3O2S/c1-5-6-7-8-9-12(4)18-14(11(2)3)16-17-15(18)21-10-13(19)20/h11-12H,5-10H2,1-4H3,(H,19,20). The van der Waals surface area contributed by atoms with Crippen molar-refractivity contribution in [2.75, 3.05) is 5.75 Å². The van der Waals surface area contributed by atoms with E-state index in [9.17, 15) is 4.79 Å². The minimum absolute atomic E-state index is 0.0266. The Balaban J connectivity index is 2.79. The van der Waals surface area contributed by atoms with Crippen molar-refractivity contribution in [3.8, 4) is 0 Å². The Morgan fingerprint density at radius 2 is 1.95 bits per heavy atom. The number of carboxylic acid groups (broad SMARTS) is 1. The van der Waals surface area contributed by atoms with Crippen molar-refractivity contribution in [2.45, 2.75) is 76.9 Å². The average Bonchev–Trinajstić information content (AvgIpc) is 2.85. The van der Waals surface area contributed by atoms with E-state index in [2.05, 4.69) is 42.5 Å². The van der Waals surface area contributed by atoms with E-state index in [4.69, 9.17) is 5.11 Å². The summed E-state index contributed by atoms with van der Waals surface area (Å²) < 4.78 is 2.13. The number of carbonyl (C=O) groups is 1. The van der Waals surface area contributed by atoms with Gasteiger partial charge in [-0.2, -0.15) is 0 Å². The van der Waals surface area contributed by atoms with E-state index in [0.29, 0.717) is 6.04 Å². The van der Waals surface area contributed by atoms with E-state index in [1.807, 2.05) is 0 Å². The quantitative estimate of drug-likeness (QED) is 0.520. The molecule has 0 aliphatic rings. The Labute approximate surface area is 131 Å². The van der Waals surface area contributed by atoms with Gasteiger partial charge < -0.3 is 9.67 Å². The number of carboxylic acids is 1. The number of unbranched alkanes of at least 4 members (excludes halogenated alkanes) is 3. The van der Waals surface area contributed by atoms with Gasteiger partial charge in [0.15, 0.2) is 5.16 Å². The summed E-state index contributed by atoms with van der Waals surface area (Å²) in [5.41, 5.74) is 0. The van der Waals surface area contributed by atoms with Crippen LogP contribution in [0.4, 0.5) is 0 Å². The molecule has 120 valence electrons. The lowest BCUT2D eigenvalue weighted by atomic mass is 10.1. The minimum atomic E-state index is -0.823. The summed E-state index contributed by atoms with van der Waals surface area (Å²) in [4.78, 5) is 10.8. The predicted molar refractivity (Wildman–Crippen MR) is 85.9 cm³/mol. The maximum Gasteiger partial charge on any atom is 0.313 e. The zero-order valence-electron chi connectivity index (χ0n) is 13.5. The Hall–Kier alpha value is -1.04. The molecule has 0 fully saturated rings. The maximum atomic E-state index is 10.8. The van der Waals surface area contributed by atoms with Crippen LogP contribution in [-0.4, -0.2) is 31.6 Å². The predicted octanol–water partition coefficient (Wildman–Crippen LogP) is 4.11. The van der Waals surface area contributed by atoms with Crippen molar-refractivity contribution < 1.29 is 9.90 Å². The largest absolute Gasteiger partial charge is 0.481 e. The number of thioether (sulfide) groups is 1. The Kier molecular flexibility index (Phi) is 7.78. The molecular formula is C15H27N3O2S. The van der Waals surface area contributed by atoms with Crippen LogP contribution in [0.25, 0.3) is 0 Å². The van der Waals surface area contributed by atoms with Crippen molar-refractivity contribution in [3.63, 3.8) is 0 Å². The first kappa shape index (κ1) is 18.0. The van der Waals surface area contributed by atoms with Gasteiger partial charge in [-0.05, 0) is 13.3 Å². The molecule has 1 N–H and O–H groups in total. The summed E-state index contributed by atoms with van der Waals surface area (Å²) in [6.07, 6.45) is 6.02. The topological polar surface area (TPSA) is 68.0 Å². The summed E-state index contributed by atoms with van der Waals surface area (Å²) >= 11 is 1.26. The molecule has 0 bridgehead atoms. The molecule has 0 saturated carbocycles. The second-order valence-corrected chi connectivity index (χ2v) is 6.69. The second-order valence-electron chi connectivity index (χ2n) is 5.75. The molecular weight excluding hydrogens is 286 g/mol. The molecule has 5 nitrogen and oxygen atoms in total.